The summed E-state index contributed by atoms with van der Waals surface area (Å²) in [4.78, 5) is 12.1. The molecule has 1 atom stereocenters. The maximum absolute atomic E-state index is 12.8. The molecule has 0 heterocycles. The molecule has 0 aliphatic carbocycles. The summed E-state index contributed by atoms with van der Waals surface area (Å²) in [6, 6.07) is 9.94. The standard InChI is InChI=1S/C17H27O6P/c1-4-20-16(18)17(24(19,22-5-2)23-6-3)21-14-10-13-15-11-8-7-9-12-15/h7-9,11-12,17H,4-6,10,13-14H2,1-3H3/t17-/m0/s1. The van der Waals surface area contributed by atoms with E-state index in [1.54, 1.807) is 20.8 Å². The first-order valence-electron chi connectivity index (χ1n) is 8.28. The van der Waals surface area contributed by atoms with Gasteiger partial charge < -0.3 is 18.5 Å². The molecule has 0 saturated heterocycles. The molecule has 0 saturated carbocycles. The van der Waals surface area contributed by atoms with Crippen LogP contribution in [0.15, 0.2) is 30.3 Å². The first kappa shape index (κ1) is 20.8. The monoisotopic (exact) mass is 358 g/mol. The van der Waals surface area contributed by atoms with Gasteiger partial charge in [-0.2, -0.15) is 0 Å². The summed E-state index contributed by atoms with van der Waals surface area (Å²) in [7, 11) is -3.72. The maximum atomic E-state index is 12.8. The molecule has 0 fully saturated rings. The molecule has 7 heteroatoms. The van der Waals surface area contributed by atoms with Crippen LogP contribution in [0.5, 0.6) is 0 Å². The molecule has 0 N–H and O–H groups in total. The zero-order valence-corrected chi connectivity index (χ0v) is 15.5. The fourth-order valence-corrected chi connectivity index (χ4v) is 3.84. The van der Waals surface area contributed by atoms with E-state index in [2.05, 4.69) is 0 Å². The van der Waals surface area contributed by atoms with Gasteiger partial charge in [0.15, 0.2) is 0 Å². The van der Waals surface area contributed by atoms with Crippen molar-refractivity contribution >= 4 is 13.6 Å². The normalized spacial score (nSPS) is 12.8. The lowest BCUT2D eigenvalue weighted by Gasteiger charge is -2.24. The summed E-state index contributed by atoms with van der Waals surface area (Å²) >= 11 is 0. The molecule has 1 aromatic carbocycles. The van der Waals surface area contributed by atoms with Crippen LogP contribution in [0.25, 0.3) is 0 Å². The van der Waals surface area contributed by atoms with Gasteiger partial charge in [-0.3, -0.25) is 4.57 Å². The molecular weight excluding hydrogens is 331 g/mol. The Kier molecular flexibility index (Phi) is 9.88. The fourth-order valence-electron chi connectivity index (χ4n) is 2.15. The Bertz CT molecular complexity index is 509. The second kappa shape index (κ2) is 11.4. The molecule has 0 aliphatic rings. The molecule has 0 amide bonds. The van der Waals surface area contributed by atoms with E-state index in [0.29, 0.717) is 6.42 Å². The summed E-state index contributed by atoms with van der Waals surface area (Å²) in [5.74, 6) is -2.07. The summed E-state index contributed by atoms with van der Waals surface area (Å²) in [6.45, 7) is 5.77. The van der Waals surface area contributed by atoms with Gasteiger partial charge >= 0.3 is 13.6 Å². The van der Waals surface area contributed by atoms with Crippen LogP contribution < -0.4 is 0 Å². The minimum Gasteiger partial charge on any atom is -0.464 e. The van der Waals surface area contributed by atoms with Crippen molar-refractivity contribution in [3.63, 3.8) is 0 Å². The summed E-state index contributed by atoms with van der Waals surface area (Å²) < 4.78 is 33.8. The van der Waals surface area contributed by atoms with E-state index in [1.165, 1.54) is 5.56 Å². The van der Waals surface area contributed by atoms with Crippen LogP contribution in [0, 0.1) is 0 Å². The molecule has 0 aromatic heterocycles. The SMILES string of the molecule is CCOC(=O)[C@@H](OCCCc1ccccc1)P(=O)(OCC)OCC. The highest BCUT2D eigenvalue weighted by molar-refractivity contribution is 7.55. The van der Waals surface area contributed by atoms with Gasteiger partial charge in [0.2, 0.25) is 0 Å². The van der Waals surface area contributed by atoms with Crippen molar-refractivity contribution in [3.8, 4) is 0 Å². The number of ether oxygens (including phenoxy) is 2. The van der Waals surface area contributed by atoms with E-state index < -0.39 is 19.4 Å². The van der Waals surface area contributed by atoms with Crippen LogP contribution in [0.4, 0.5) is 0 Å². The minimum atomic E-state index is -3.72. The molecule has 1 rings (SSSR count). The summed E-state index contributed by atoms with van der Waals surface area (Å²) in [5.41, 5.74) is 1.17. The number of hydrogen-bond acceptors (Lipinski definition) is 6. The zero-order valence-electron chi connectivity index (χ0n) is 14.6. The predicted molar refractivity (Wildman–Crippen MR) is 92.0 cm³/mol. The highest BCUT2D eigenvalue weighted by Crippen LogP contribution is 2.53. The van der Waals surface area contributed by atoms with Crippen LogP contribution in [-0.2, 0) is 34.3 Å². The van der Waals surface area contributed by atoms with Gasteiger partial charge in [0.25, 0.3) is 5.85 Å². The number of benzene rings is 1. The van der Waals surface area contributed by atoms with Gasteiger partial charge in [-0.05, 0) is 39.2 Å². The van der Waals surface area contributed by atoms with Crippen LogP contribution in [0.2, 0.25) is 0 Å². The van der Waals surface area contributed by atoms with Gasteiger partial charge in [0, 0.05) is 6.61 Å². The Morgan fingerprint density at radius 1 is 1.04 bits per heavy atom. The van der Waals surface area contributed by atoms with Crippen molar-refractivity contribution in [2.75, 3.05) is 26.4 Å². The topological polar surface area (TPSA) is 71.1 Å². The Hall–Kier alpha value is -1.20. The van der Waals surface area contributed by atoms with Crippen molar-refractivity contribution in [3.05, 3.63) is 35.9 Å². The van der Waals surface area contributed by atoms with Gasteiger partial charge in [-0.15, -0.1) is 0 Å². The van der Waals surface area contributed by atoms with Gasteiger partial charge in [0.05, 0.1) is 19.8 Å². The van der Waals surface area contributed by atoms with E-state index in [4.69, 9.17) is 18.5 Å². The van der Waals surface area contributed by atoms with Crippen molar-refractivity contribution in [1.82, 2.24) is 0 Å². The lowest BCUT2D eigenvalue weighted by Crippen LogP contribution is -2.29. The maximum Gasteiger partial charge on any atom is 0.370 e. The number of rotatable bonds is 12. The number of carbonyl (C=O) groups is 1. The van der Waals surface area contributed by atoms with E-state index in [-0.39, 0.29) is 26.4 Å². The van der Waals surface area contributed by atoms with Crippen molar-refractivity contribution in [1.29, 1.82) is 0 Å². The van der Waals surface area contributed by atoms with Crippen LogP contribution in [0.1, 0.15) is 32.8 Å². The minimum absolute atomic E-state index is 0.153. The van der Waals surface area contributed by atoms with Crippen molar-refractivity contribution in [2.24, 2.45) is 0 Å². The Balaban J connectivity index is 2.67. The molecule has 1 aromatic rings. The van der Waals surface area contributed by atoms with E-state index in [1.807, 2.05) is 30.3 Å². The first-order chi connectivity index (χ1) is 11.6. The number of aryl methyl sites for hydroxylation is 1. The highest BCUT2D eigenvalue weighted by atomic mass is 31.2. The van der Waals surface area contributed by atoms with Gasteiger partial charge in [0.1, 0.15) is 0 Å². The smallest absolute Gasteiger partial charge is 0.370 e. The lowest BCUT2D eigenvalue weighted by molar-refractivity contribution is -0.152. The number of hydrogen-bond donors (Lipinski definition) is 0. The molecular formula is C17H27O6P. The molecule has 0 spiro atoms. The van der Waals surface area contributed by atoms with E-state index >= 15 is 0 Å². The molecule has 0 unspecified atom stereocenters. The second-order valence-electron chi connectivity index (χ2n) is 4.94. The molecule has 6 nitrogen and oxygen atoms in total. The Morgan fingerprint density at radius 2 is 1.67 bits per heavy atom. The molecule has 0 radical (unpaired) electrons. The third-order valence-electron chi connectivity index (χ3n) is 3.12. The van der Waals surface area contributed by atoms with Gasteiger partial charge in [-0.1, -0.05) is 30.3 Å². The van der Waals surface area contributed by atoms with Crippen molar-refractivity contribution < 1.29 is 27.9 Å². The van der Waals surface area contributed by atoms with E-state index in [9.17, 15) is 9.36 Å². The average Bonchev–Trinajstić information content (AvgIpc) is 2.56. The van der Waals surface area contributed by atoms with Crippen molar-refractivity contribution in [2.45, 2.75) is 39.5 Å². The van der Waals surface area contributed by atoms with E-state index in [0.717, 1.165) is 6.42 Å². The number of esters is 1. The zero-order chi connectivity index (χ0) is 17.8. The van der Waals surface area contributed by atoms with Crippen LogP contribution in [-0.4, -0.2) is 38.2 Å². The molecule has 24 heavy (non-hydrogen) atoms. The number of carbonyl (C=O) groups excluding carboxylic acids is 1. The Labute approximate surface area is 144 Å². The largest absolute Gasteiger partial charge is 0.464 e. The highest BCUT2D eigenvalue weighted by Gasteiger charge is 2.43. The Morgan fingerprint density at radius 3 is 2.21 bits per heavy atom. The summed E-state index contributed by atoms with van der Waals surface area (Å²) in [5, 5.41) is 0. The first-order valence-corrected chi connectivity index (χ1v) is 9.89. The second-order valence-corrected chi connectivity index (χ2v) is 7.00. The molecule has 136 valence electrons. The predicted octanol–water partition coefficient (Wildman–Crippen LogP) is 3.79. The fraction of sp³-hybridized carbons (Fsp3) is 0.588. The molecule has 0 bridgehead atoms. The molecule has 0 aliphatic heterocycles. The quantitative estimate of drug-likeness (QED) is 0.322. The third kappa shape index (κ3) is 6.73. The lowest BCUT2D eigenvalue weighted by atomic mass is 10.1. The van der Waals surface area contributed by atoms with Crippen LogP contribution >= 0.6 is 7.60 Å². The van der Waals surface area contributed by atoms with Crippen LogP contribution in [0.3, 0.4) is 0 Å². The van der Waals surface area contributed by atoms with Gasteiger partial charge in [-0.25, -0.2) is 4.79 Å². The third-order valence-corrected chi connectivity index (χ3v) is 5.29. The summed E-state index contributed by atoms with van der Waals surface area (Å²) in [6.07, 6.45) is 1.47. The average molecular weight is 358 g/mol.